The van der Waals surface area contributed by atoms with Crippen molar-refractivity contribution >= 4 is 34.2 Å². The van der Waals surface area contributed by atoms with E-state index in [1.165, 1.54) is 6.20 Å². The van der Waals surface area contributed by atoms with Gasteiger partial charge in [-0.25, -0.2) is 0 Å². The van der Waals surface area contributed by atoms with Crippen LogP contribution in [-0.4, -0.2) is 20.1 Å². The lowest BCUT2D eigenvalue weighted by Crippen LogP contribution is -2.12. The smallest absolute Gasteiger partial charge is 0.268 e. The standard InChI is InChI=1S/C9H5ClIN3O2/c10-4-2-1-3-12-6(4)7-13-8(15)5(11)9(16)14-7/h1-3H,(H2,13,14,15,16). The van der Waals surface area contributed by atoms with Crippen LogP contribution in [0, 0.1) is 3.57 Å². The van der Waals surface area contributed by atoms with Crippen LogP contribution in [0.25, 0.3) is 11.5 Å². The Morgan fingerprint density at radius 1 is 1.50 bits per heavy atom. The zero-order chi connectivity index (χ0) is 11.7. The van der Waals surface area contributed by atoms with Crippen molar-refractivity contribution < 1.29 is 5.11 Å². The van der Waals surface area contributed by atoms with Gasteiger partial charge < -0.3 is 10.1 Å². The number of rotatable bonds is 1. The summed E-state index contributed by atoms with van der Waals surface area (Å²) < 4.78 is 0.133. The molecule has 2 rings (SSSR count). The van der Waals surface area contributed by atoms with Crippen molar-refractivity contribution in [2.75, 3.05) is 0 Å². The molecule has 0 spiro atoms. The minimum Gasteiger partial charge on any atom is -0.492 e. The van der Waals surface area contributed by atoms with Gasteiger partial charge in [0.05, 0.1) is 5.02 Å². The van der Waals surface area contributed by atoms with Crippen LogP contribution < -0.4 is 5.56 Å². The van der Waals surface area contributed by atoms with Crippen LogP contribution in [0.2, 0.25) is 5.02 Å². The minimum absolute atomic E-state index is 0.133. The van der Waals surface area contributed by atoms with Gasteiger partial charge in [-0.05, 0) is 34.7 Å². The Morgan fingerprint density at radius 3 is 2.88 bits per heavy atom. The Balaban J connectivity index is 2.67. The van der Waals surface area contributed by atoms with Crippen LogP contribution in [-0.2, 0) is 0 Å². The molecule has 0 atom stereocenters. The van der Waals surface area contributed by atoms with Crippen LogP contribution in [0.15, 0.2) is 23.1 Å². The largest absolute Gasteiger partial charge is 0.492 e. The molecule has 0 saturated heterocycles. The van der Waals surface area contributed by atoms with Crippen molar-refractivity contribution in [3.05, 3.63) is 37.3 Å². The SMILES string of the molecule is O=c1[nH]c(-c2ncccc2Cl)nc(O)c1I. The van der Waals surface area contributed by atoms with E-state index in [4.69, 9.17) is 11.6 Å². The molecule has 0 fully saturated rings. The van der Waals surface area contributed by atoms with Gasteiger partial charge in [0.15, 0.2) is 5.82 Å². The lowest BCUT2D eigenvalue weighted by atomic mass is 10.3. The first-order valence-corrected chi connectivity index (χ1v) is 5.65. The number of aromatic amines is 1. The molecule has 2 aromatic heterocycles. The molecule has 0 unspecified atom stereocenters. The fourth-order valence-corrected chi connectivity index (χ4v) is 1.59. The van der Waals surface area contributed by atoms with E-state index < -0.39 is 5.56 Å². The number of H-pyrrole nitrogens is 1. The van der Waals surface area contributed by atoms with Gasteiger partial charge in [0, 0.05) is 6.20 Å². The van der Waals surface area contributed by atoms with Gasteiger partial charge in [-0.2, -0.15) is 4.98 Å². The summed E-state index contributed by atoms with van der Waals surface area (Å²) in [7, 11) is 0. The first-order chi connectivity index (χ1) is 7.59. The quantitative estimate of drug-likeness (QED) is 0.770. The number of hydrogen-bond acceptors (Lipinski definition) is 4. The van der Waals surface area contributed by atoms with Crippen molar-refractivity contribution in [2.45, 2.75) is 0 Å². The first kappa shape index (κ1) is 11.3. The molecule has 0 saturated carbocycles. The highest BCUT2D eigenvalue weighted by molar-refractivity contribution is 14.1. The van der Waals surface area contributed by atoms with Crippen LogP contribution in [0.1, 0.15) is 0 Å². The maximum Gasteiger partial charge on any atom is 0.268 e. The van der Waals surface area contributed by atoms with Crippen LogP contribution in [0.5, 0.6) is 5.88 Å². The summed E-state index contributed by atoms with van der Waals surface area (Å²) in [5.74, 6) is -0.186. The lowest BCUT2D eigenvalue weighted by Gasteiger charge is -2.03. The van der Waals surface area contributed by atoms with E-state index >= 15 is 0 Å². The summed E-state index contributed by atoms with van der Waals surface area (Å²) >= 11 is 7.60. The molecule has 0 amide bonds. The Kier molecular flexibility index (Phi) is 3.10. The number of nitrogens with one attached hydrogen (secondary N) is 1. The van der Waals surface area contributed by atoms with Gasteiger partial charge in [-0.3, -0.25) is 9.78 Å². The van der Waals surface area contributed by atoms with E-state index in [1.807, 2.05) is 0 Å². The average Bonchev–Trinajstić information content (AvgIpc) is 2.26. The highest BCUT2D eigenvalue weighted by Gasteiger charge is 2.12. The van der Waals surface area contributed by atoms with Gasteiger partial charge in [0.2, 0.25) is 5.88 Å². The van der Waals surface area contributed by atoms with E-state index in [0.29, 0.717) is 10.7 Å². The van der Waals surface area contributed by atoms with E-state index in [1.54, 1.807) is 34.7 Å². The van der Waals surface area contributed by atoms with E-state index in [0.717, 1.165) is 0 Å². The highest BCUT2D eigenvalue weighted by atomic mass is 127. The Morgan fingerprint density at radius 2 is 2.25 bits per heavy atom. The third-order valence-corrected chi connectivity index (χ3v) is 3.11. The summed E-state index contributed by atoms with van der Waals surface area (Å²) in [6.45, 7) is 0. The number of aromatic hydroxyl groups is 1. The highest BCUT2D eigenvalue weighted by Crippen LogP contribution is 2.23. The van der Waals surface area contributed by atoms with Crippen molar-refractivity contribution in [1.29, 1.82) is 0 Å². The van der Waals surface area contributed by atoms with Gasteiger partial charge in [0.1, 0.15) is 9.26 Å². The van der Waals surface area contributed by atoms with E-state index in [9.17, 15) is 9.90 Å². The normalized spacial score (nSPS) is 10.4. The summed E-state index contributed by atoms with van der Waals surface area (Å²) in [6.07, 6.45) is 1.52. The summed E-state index contributed by atoms with van der Waals surface area (Å²) in [4.78, 5) is 21.7. The molecule has 16 heavy (non-hydrogen) atoms. The lowest BCUT2D eigenvalue weighted by molar-refractivity contribution is 0.447. The fraction of sp³-hybridized carbons (Fsp3) is 0. The molecule has 2 aromatic rings. The Bertz CT molecular complexity index is 600. The monoisotopic (exact) mass is 349 g/mol. The zero-order valence-corrected chi connectivity index (χ0v) is 10.7. The Labute approximate surface area is 109 Å². The predicted octanol–water partition coefficient (Wildman–Crippen LogP) is 1.80. The van der Waals surface area contributed by atoms with Crippen molar-refractivity contribution in [2.24, 2.45) is 0 Å². The molecule has 5 nitrogen and oxygen atoms in total. The molecule has 2 N–H and O–H groups in total. The molecule has 7 heteroatoms. The van der Waals surface area contributed by atoms with Gasteiger partial charge in [-0.1, -0.05) is 11.6 Å². The van der Waals surface area contributed by atoms with Gasteiger partial charge in [-0.15, -0.1) is 0 Å². The van der Waals surface area contributed by atoms with Gasteiger partial charge in [0.25, 0.3) is 5.56 Å². The molecule has 0 radical (unpaired) electrons. The second kappa shape index (κ2) is 4.38. The molecule has 0 aliphatic carbocycles. The molecule has 0 aliphatic rings. The summed E-state index contributed by atoms with van der Waals surface area (Å²) in [6, 6.07) is 3.29. The van der Waals surface area contributed by atoms with E-state index in [-0.39, 0.29) is 15.3 Å². The molecule has 2 heterocycles. The molecule has 0 aliphatic heterocycles. The molecule has 0 bridgehead atoms. The first-order valence-electron chi connectivity index (χ1n) is 4.19. The third kappa shape index (κ3) is 2.03. The molecular weight excluding hydrogens is 344 g/mol. The van der Waals surface area contributed by atoms with E-state index in [2.05, 4.69) is 15.0 Å². The van der Waals surface area contributed by atoms with Crippen LogP contribution in [0.3, 0.4) is 0 Å². The van der Waals surface area contributed by atoms with Crippen molar-refractivity contribution in [3.63, 3.8) is 0 Å². The van der Waals surface area contributed by atoms with Gasteiger partial charge >= 0.3 is 0 Å². The number of halogens is 2. The number of aromatic nitrogens is 3. The topological polar surface area (TPSA) is 78.9 Å². The Hall–Kier alpha value is -1.15. The number of nitrogens with zero attached hydrogens (tertiary/aromatic N) is 2. The third-order valence-electron chi connectivity index (χ3n) is 1.83. The maximum atomic E-state index is 11.4. The molecular formula is C9H5ClIN3O2. The van der Waals surface area contributed by atoms with Crippen molar-refractivity contribution in [3.8, 4) is 17.4 Å². The van der Waals surface area contributed by atoms with Crippen LogP contribution in [0.4, 0.5) is 0 Å². The number of hydrogen-bond donors (Lipinski definition) is 2. The van der Waals surface area contributed by atoms with Crippen molar-refractivity contribution in [1.82, 2.24) is 15.0 Å². The summed E-state index contributed by atoms with van der Waals surface area (Å²) in [5.41, 5.74) is -0.0993. The second-order valence-corrected chi connectivity index (χ2v) is 4.37. The molecule has 0 aromatic carbocycles. The average molecular weight is 350 g/mol. The maximum absolute atomic E-state index is 11.4. The second-order valence-electron chi connectivity index (χ2n) is 2.89. The van der Waals surface area contributed by atoms with Crippen LogP contribution >= 0.6 is 34.2 Å². The summed E-state index contributed by atoms with van der Waals surface area (Å²) in [5, 5.41) is 9.78. The number of pyridine rings is 1. The zero-order valence-electron chi connectivity index (χ0n) is 7.74. The minimum atomic E-state index is -0.426. The molecule has 82 valence electrons. The predicted molar refractivity (Wildman–Crippen MR) is 67.5 cm³/mol. The fourth-order valence-electron chi connectivity index (χ4n) is 1.12.